The molecule has 2 rings (SSSR count). The van der Waals surface area contributed by atoms with Crippen molar-refractivity contribution in [3.63, 3.8) is 0 Å². The Bertz CT molecular complexity index is 482. The second-order valence-corrected chi connectivity index (χ2v) is 5.92. The van der Waals surface area contributed by atoms with Crippen molar-refractivity contribution in [1.29, 1.82) is 5.41 Å². The standard InChI is InChI=1S/C14H19ClFN3/c1-14(13(17)18)4-6-19(7-5-14)9-10-2-3-11(15)8-12(10)16/h2-3,8H,4-7,9H2,1H3,(H3,17,18). The minimum Gasteiger partial charge on any atom is -0.387 e. The first-order valence-electron chi connectivity index (χ1n) is 6.41. The molecule has 0 aliphatic carbocycles. The number of hydrogen-bond acceptors (Lipinski definition) is 2. The first-order valence-corrected chi connectivity index (χ1v) is 6.79. The molecule has 5 heteroatoms. The molecule has 0 bridgehead atoms. The van der Waals surface area contributed by atoms with Crippen LogP contribution in [0, 0.1) is 16.6 Å². The molecule has 0 unspecified atom stereocenters. The number of hydrogen-bond donors (Lipinski definition) is 2. The van der Waals surface area contributed by atoms with E-state index in [0.29, 0.717) is 17.1 Å². The number of benzene rings is 1. The summed E-state index contributed by atoms with van der Waals surface area (Å²) in [7, 11) is 0. The predicted octanol–water partition coefficient (Wildman–Crippen LogP) is 3.02. The number of likely N-dealkylation sites (tertiary alicyclic amines) is 1. The number of nitrogens with one attached hydrogen (secondary N) is 1. The van der Waals surface area contributed by atoms with E-state index in [9.17, 15) is 4.39 Å². The van der Waals surface area contributed by atoms with Crippen LogP contribution in [0.1, 0.15) is 25.3 Å². The lowest BCUT2D eigenvalue weighted by Crippen LogP contribution is -2.44. The van der Waals surface area contributed by atoms with Crippen LogP contribution in [0.2, 0.25) is 5.02 Å². The molecule has 0 saturated carbocycles. The van der Waals surface area contributed by atoms with E-state index in [1.165, 1.54) is 6.07 Å². The zero-order valence-corrected chi connectivity index (χ0v) is 11.8. The molecule has 3 nitrogen and oxygen atoms in total. The van der Waals surface area contributed by atoms with E-state index in [-0.39, 0.29) is 17.1 Å². The van der Waals surface area contributed by atoms with Gasteiger partial charge in [0.2, 0.25) is 0 Å². The van der Waals surface area contributed by atoms with E-state index in [0.717, 1.165) is 25.9 Å². The Morgan fingerprint density at radius 2 is 2.11 bits per heavy atom. The first-order chi connectivity index (χ1) is 8.90. The SMILES string of the molecule is CC1(C(=N)N)CCN(Cc2ccc(Cl)cc2F)CC1. The first kappa shape index (κ1) is 14.3. The maximum absolute atomic E-state index is 13.7. The minimum atomic E-state index is -0.257. The molecule has 1 aromatic carbocycles. The number of nitrogens with two attached hydrogens (primary N) is 1. The van der Waals surface area contributed by atoms with Crippen LogP contribution in [-0.2, 0) is 6.54 Å². The fourth-order valence-electron chi connectivity index (χ4n) is 2.36. The van der Waals surface area contributed by atoms with E-state index in [1.54, 1.807) is 12.1 Å². The lowest BCUT2D eigenvalue weighted by Gasteiger charge is -2.38. The van der Waals surface area contributed by atoms with Gasteiger partial charge in [0, 0.05) is 22.5 Å². The molecule has 0 aromatic heterocycles. The normalized spacial score (nSPS) is 19.3. The Balaban J connectivity index is 1.98. The zero-order chi connectivity index (χ0) is 14.0. The third-order valence-corrected chi connectivity index (χ3v) is 4.25. The average Bonchev–Trinajstić information content (AvgIpc) is 2.35. The van der Waals surface area contributed by atoms with Gasteiger partial charge in [-0.2, -0.15) is 0 Å². The van der Waals surface area contributed by atoms with Crippen molar-refractivity contribution >= 4 is 17.4 Å². The summed E-state index contributed by atoms with van der Waals surface area (Å²) in [6.45, 7) is 4.27. The highest BCUT2D eigenvalue weighted by Crippen LogP contribution is 2.31. The lowest BCUT2D eigenvalue weighted by atomic mass is 9.79. The van der Waals surface area contributed by atoms with Gasteiger partial charge in [0.25, 0.3) is 0 Å². The van der Waals surface area contributed by atoms with Gasteiger partial charge in [-0.05, 0) is 38.1 Å². The molecule has 1 heterocycles. The van der Waals surface area contributed by atoms with Gasteiger partial charge >= 0.3 is 0 Å². The summed E-state index contributed by atoms with van der Waals surface area (Å²) in [5, 5.41) is 8.04. The third-order valence-electron chi connectivity index (χ3n) is 4.02. The lowest BCUT2D eigenvalue weighted by molar-refractivity contribution is 0.154. The summed E-state index contributed by atoms with van der Waals surface area (Å²) in [5.74, 6) is -0.00257. The van der Waals surface area contributed by atoms with Gasteiger partial charge in [-0.25, -0.2) is 4.39 Å². The van der Waals surface area contributed by atoms with E-state index < -0.39 is 0 Å². The summed E-state index contributed by atoms with van der Waals surface area (Å²) in [5.41, 5.74) is 6.09. The van der Waals surface area contributed by atoms with Crippen LogP contribution in [0.3, 0.4) is 0 Å². The van der Waals surface area contributed by atoms with Gasteiger partial charge in [0.15, 0.2) is 0 Å². The Hall–Kier alpha value is -1.13. The van der Waals surface area contributed by atoms with Gasteiger partial charge < -0.3 is 5.73 Å². The van der Waals surface area contributed by atoms with Crippen molar-refractivity contribution < 1.29 is 4.39 Å². The molecule has 104 valence electrons. The Kier molecular flexibility index (Phi) is 4.11. The van der Waals surface area contributed by atoms with E-state index in [1.807, 2.05) is 6.92 Å². The topological polar surface area (TPSA) is 53.1 Å². The fraction of sp³-hybridized carbons (Fsp3) is 0.500. The maximum Gasteiger partial charge on any atom is 0.129 e. The number of piperidine rings is 1. The highest BCUT2D eigenvalue weighted by Gasteiger charge is 2.32. The number of halogens is 2. The van der Waals surface area contributed by atoms with Crippen molar-refractivity contribution in [1.82, 2.24) is 4.90 Å². The second kappa shape index (κ2) is 5.47. The Labute approximate surface area is 118 Å². The molecule has 1 aromatic rings. The third kappa shape index (κ3) is 3.25. The monoisotopic (exact) mass is 283 g/mol. The van der Waals surface area contributed by atoms with E-state index in [2.05, 4.69) is 4.90 Å². The van der Waals surface area contributed by atoms with Gasteiger partial charge in [0.1, 0.15) is 5.82 Å². The molecular formula is C14H19ClFN3. The molecule has 0 atom stereocenters. The van der Waals surface area contributed by atoms with Crippen LogP contribution < -0.4 is 5.73 Å². The van der Waals surface area contributed by atoms with Crippen molar-refractivity contribution in [3.8, 4) is 0 Å². The number of rotatable bonds is 3. The second-order valence-electron chi connectivity index (χ2n) is 5.49. The zero-order valence-electron chi connectivity index (χ0n) is 11.0. The summed E-state index contributed by atoms with van der Waals surface area (Å²) >= 11 is 5.74. The smallest absolute Gasteiger partial charge is 0.129 e. The van der Waals surface area contributed by atoms with Gasteiger partial charge in [-0.15, -0.1) is 0 Å². The van der Waals surface area contributed by atoms with Gasteiger partial charge in [-0.1, -0.05) is 24.6 Å². The van der Waals surface area contributed by atoms with Crippen LogP contribution in [0.25, 0.3) is 0 Å². The van der Waals surface area contributed by atoms with Crippen LogP contribution in [0.5, 0.6) is 0 Å². The predicted molar refractivity (Wildman–Crippen MR) is 75.9 cm³/mol. The molecular weight excluding hydrogens is 265 g/mol. The molecule has 0 amide bonds. The largest absolute Gasteiger partial charge is 0.387 e. The number of amidine groups is 1. The molecule has 0 radical (unpaired) electrons. The van der Waals surface area contributed by atoms with Crippen molar-refractivity contribution in [2.24, 2.45) is 11.1 Å². The minimum absolute atomic E-state index is 0.199. The van der Waals surface area contributed by atoms with Gasteiger partial charge in [-0.3, -0.25) is 10.3 Å². The highest BCUT2D eigenvalue weighted by atomic mass is 35.5. The molecule has 3 N–H and O–H groups in total. The highest BCUT2D eigenvalue weighted by molar-refractivity contribution is 6.30. The molecule has 1 saturated heterocycles. The quantitative estimate of drug-likeness (QED) is 0.662. The Morgan fingerprint density at radius 3 is 2.63 bits per heavy atom. The van der Waals surface area contributed by atoms with Crippen molar-refractivity contribution in [2.45, 2.75) is 26.3 Å². The molecule has 19 heavy (non-hydrogen) atoms. The van der Waals surface area contributed by atoms with E-state index in [4.69, 9.17) is 22.7 Å². The van der Waals surface area contributed by atoms with Crippen LogP contribution >= 0.6 is 11.6 Å². The number of nitrogens with zero attached hydrogens (tertiary/aromatic N) is 1. The summed E-state index contributed by atoms with van der Waals surface area (Å²) < 4.78 is 13.7. The van der Waals surface area contributed by atoms with Crippen LogP contribution in [0.15, 0.2) is 18.2 Å². The summed E-state index contributed by atoms with van der Waals surface area (Å²) in [6, 6.07) is 4.79. The summed E-state index contributed by atoms with van der Waals surface area (Å²) in [4.78, 5) is 2.19. The maximum atomic E-state index is 13.7. The van der Waals surface area contributed by atoms with Gasteiger partial charge in [0.05, 0.1) is 5.84 Å². The summed E-state index contributed by atoms with van der Waals surface area (Å²) in [6.07, 6.45) is 1.69. The van der Waals surface area contributed by atoms with E-state index >= 15 is 0 Å². The molecule has 0 spiro atoms. The van der Waals surface area contributed by atoms with Crippen LogP contribution in [-0.4, -0.2) is 23.8 Å². The molecule has 1 fully saturated rings. The average molecular weight is 284 g/mol. The van der Waals surface area contributed by atoms with Crippen molar-refractivity contribution in [3.05, 3.63) is 34.6 Å². The fourth-order valence-corrected chi connectivity index (χ4v) is 2.52. The van der Waals surface area contributed by atoms with Crippen LogP contribution in [0.4, 0.5) is 4.39 Å². The Morgan fingerprint density at radius 1 is 1.47 bits per heavy atom. The van der Waals surface area contributed by atoms with Crippen molar-refractivity contribution in [2.75, 3.05) is 13.1 Å². The molecule has 1 aliphatic heterocycles. The molecule has 1 aliphatic rings.